The summed E-state index contributed by atoms with van der Waals surface area (Å²) in [5.74, 6) is 1.27. The SMILES string of the molecule is CCCCCOc1cc2c3c(c1)CCN3C(=O)CC2. The van der Waals surface area contributed by atoms with E-state index in [0.717, 1.165) is 38.2 Å². The molecule has 0 radical (unpaired) electrons. The lowest BCUT2D eigenvalue weighted by Crippen LogP contribution is -2.32. The number of hydrogen-bond acceptors (Lipinski definition) is 2. The number of carbonyl (C=O) groups is 1. The van der Waals surface area contributed by atoms with E-state index in [1.54, 1.807) is 0 Å². The molecule has 0 fully saturated rings. The van der Waals surface area contributed by atoms with Crippen molar-refractivity contribution in [3.05, 3.63) is 23.3 Å². The monoisotopic (exact) mass is 259 g/mol. The number of ether oxygens (including phenoxy) is 1. The molecule has 1 aromatic carbocycles. The second-order valence-corrected chi connectivity index (χ2v) is 5.44. The Bertz CT molecular complexity index is 496. The van der Waals surface area contributed by atoms with Crippen LogP contribution >= 0.6 is 0 Å². The highest BCUT2D eigenvalue weighted by Gasteiger charge is 2.31. The quantitative estimate of drug-likeness (QED) is 0.760. The van der Waals surface area contributed by atoms with Crippen molar-refractivity contribution in [3.63, 3.8) is 0 Å². The van der Waals surface area contributed by atoms with E-state index in [2.05, 4.69) is 19.1 Å². The minimum absolute atomic E-state index is 0.280. The maximum Gasteiger partial charge on any atom is 0.227 e. The van der Waals surface area contributed by atoms with Crippen LogP contribution in [0.4, 0.5) is 5.69 Å². The third-order valence-corrected chi connectivity index (χ3v) is 4.04. The van der Waals surface area contributed by atoms with Gasteiger partial charge in [-0.3, -0.25) is 4.79 Å². The summed E-state index contributed by atoms with van der Waals surface area (Å²) >= 11 is 0. The van der Waals surface area contributed by atoms with Crippen molar-refractivity contribution in [2.75, 3.05) is 18.1 Å². The molecule has 3 heteroatoms. The maximum atomic E-state index is 11.8. The number of aryl methyl sites for hydroxylation is 1. The van der Waals surface area contributed by atoms with Gasteiger partial charge in [-0.15, -0.1) is 0 Å². The molecular formula is C16H21NO2. The van der Waals surface area contributed by atoms with Gasteiger partial charge in [-0.25, -0.2) is 0 Å². The van der Waals surface area contributed by atoms with Crippen LogP contribution in [-0.4, -0.2) is 19.1 Å². The van der Waals surface area contributed by atoms with E-state index in [0.29, 0.717) is 6.42 Å². The first kappa shape index (κ1) is 12.5. The highest BCUT2D eigenvalue weighted by Crippen LogP contribution is 2.39. The lowest BCUT2D eigenvalue weighted by molar-refractivity contribution is -0.118. The standard InChI is InChI=1S/C16H21NO2/c1-2-3-4-9-19-14-10-12-5-6-15(18)17-8-7-13(11-14)16(12)17/h10-11H,2-9H2,1H3. The van der Waals surface area contributed by atoms with Crippen molar-refractivity contribution in [1.82, 2.24) is 0 Å². The molecule has 3 nitrogen and oxygen atoms in total. The largest absolute Gasteiger partial charge is 0.494 e. The Morgan fingerprint density at radius 3 is 2.74 bits per heavy atom. The average molecular weight is 259 g/mol. The first-order valence-electron chi connectivity index (χ1n) is 7.38. The number of carbonyl (C=O) groups excluding carboxylic acids is 1. The summed E-state index contributed by atoms with van der Waals surface area (Å²) in [6, 6.07) is 4.26. The summed E-state index contributed by atoms with van der Waals surface area (Å²) < 4.78 is 5.86. The van der Waals surface area contributed by atoms with Crippen molar-refractivity contribution < 1.29 is 9.53 Å². The van der Waals surface area contributed by atoms with Crippen LogP contribution in [0.5, 0.6) is 5.75 Å². The third kappa shape index (κ3) is 2.34. The van der Waals surface area contributed by atoms with Crippen LogP contribution < -0.4 is 9.64 Å². The molecule has 0 bridgehead atoms. The smallest absolute Gasteiger partial charge is 0.227 e. The number of anilines is 1. The maximum absolute atomic E-state index is 11.8. The molecule has 19 heavy (non-hydrogen) atoms. The van der Waals surface area contributed by atoms with Gasteiger partial charge in [-0.2, -0.15) is 0 Å². The number of amides is 1. The molecule has 2 aliphatic rings. The van der Waals surface area contributed by atoms with Gasteiger partial charge in [-0.05, 0) is 42.5 Å². The van der Waals surface area contributed by atoms with E-state index in [1.807, 2.05) is 4.90 Å². The molecular weight excluding hydrogens is 238 g/mol. The fourth-order valence-corrected chi connectivity index (χ4v) is 3.05. The molecule has 0 aliphatic carbocycles. The molecule has 0 unspecified atom stereocenters. The summed E-state index contributed by atoms with van der Waals surface area (Å²) in [5, 5.41) is 0. The van der Waals surface area contributed by atoms with Crippen LogP contribution in [0, 0.1) is 0 Å². The third-order valence-electron chi connectivity index (χ3n) is 4.04. The summed E-state index contributed by atoms with van der Waals surface area (Å²) in [4.78, 5) is 13.8. The number of unbranched alkanes of at least 4 members (excludes halogenated alkanes) is 2. The van der Waals surface area contributed by atoms with Gasteiger partial charge < -0.3 is 9.64 Å². The van der Waals surface area contributed by atoms with Crippen molar-refractivity contribution in [1.29, 1.82) is 0 Å². The number of rotatable bonds is 5. The Morgan fingerprint density at radius 2 is 1.95 bits per heavy atom. The minimum atomic E-state index is 0.280. The predicted molar refractivity (Wildman–Crippen MR) is 75.8 cm³/mol. The van der Waals surface area contributed by atoms with Crippen LogP contribution in [0.25, 0.3) is 0 Å². The van der Waals surface area contributed by atoms with Gasteiger partial charge in [0.2, 0.25) is 5.91 Å². The van der Waals surface area contributed by atoms with Crippen molar-refractivity contribution >= 4 is 11.6 Å². The number of benzene rings is 1. The Labute approximate surface area is 114 Å². The zero-order valence-electron chi connectivity index (χ0n) is 11.6. The van der Waals surface area contributed by atoms with Crippen LogP contribution in [-0.2, 0) is 17.6 Å². The first-order valence-corrected chi connectivity index (χ1v) is 7.38. The summed E-state index contributed by atoms with van der Waals surface area (Å²) in [6.07, 6.45) is 6.04. The zero-order chi connectivity index (χ0) is 13.2. The van der Waals surface area contributed by atoms with Crippen molar-refractivity contribution in [2.45, 2.75) is 45.4 Å². The van der Waals surface area contributed by atoms with Crippen LogP contribution in [0.3, 0.4) is 0 Å². The molecule has 0 atom stereocenters. The van der Waals surface area contributed by atoms with Gasteiger partial charge in [0.25, 0.3) is 0 Å². The molecule has 102 valence electrons. The normalized spacial score (nSPS) is 16.7. The van der Waals surface area contributed by atoms with Gasteiger partial charge in [0.1, 0.15) is 5.75 Å². The second-order valence-electron chi connectivity index (χ2n) is 5.44. The molecule has 0 N–H and O–H groups in total. The average Bonchev–Trinajstić information content (AvgIpc) is 2.84. The minimum Gasteiger partial charge on any atom is -0.494 e. The topological polar surface area (TPSA) is 29.5 Å². The molecule has 0 saturated heterocycles. The van der Waals surface area contributed by atoms with E-state index < -0.39 is 0 Å². The Kier molecular flexibility index (Phi) is 3.45. The van der Waals surface area contributed by atoms with Gasteiger partial charge in [-0.1, -0.05) is 19.8 Å². The van der Waals surface area contributed by atoms with E-state index in [1.165, 1.54) is 29.7 Å². The number of nitrogens with zero attached hydrogens (tertiary/aromatic N) is 1. The molecule has 1 aromatic rings. The van der Waals surface area contributed by atoms with E-state index in [9.17, 15) is 4.79 Å². The van der Waals surface area contributed by atoms with Crippen molar-refractivity contribution in [2.24, 2.45) is 0 Å². The Morgan fingerprint density at radius 1 is 1.16 bits per heavy atom. The van der Waals surface area contributed by atoms with E-state index >= 15 is 0 Å². The van der Waals surface area contributed by atoms with Gasteiger partial charge >= 0.3 is 0 Å². The molecule has 3 rings (SSSR count). The van der Waals surface area contributed by atoms with Gasteiger partial charge in [0, 0.05) is 13.0 Å². The highest BCUT2D eigenvalue weighted by atomic mass is 16.5. The van der Waals surface area contributed by atoms with Gasteiger partial charge in [0.15, 0.2) is 0 Å². The first-order chi connectivity index (χ1) is 9.29. The summed E-state index contributed by atoms with van der Waals surface area (Å²) in [6.45, 7) is 3.85. The van der Waals surface area contributed by atoms with Crippen LogP contribution in [0.15, 0.2) is 12.1 Å². The number of hydrogen-bond donors (Lipinski definition) is 0. The predicted octanol–water partition coefficient (Wildman–Crippen LogP) is 3.09. The molecule has 2 heterocycles. The lowest BCUT2D eigenvalue weighted by atomic mass is 9.99. The van der Waals surface area contributed by atoms with E-state index in [4.69, 9.17) is 4.74 Å². The fraction of sp³-hybridized carbons (Fsp3) is 0.562. The molecule has 0 saturated carbocycles. The summed E-state index contributed by atoms with van der Waals surface area (Å²) in [5.41, 5.74) is 3.76. The molecule has 2 aliphatic heterocycles. The highest BCUT2D eigenvalue weighted by molar-refractivity contribution is 5.98. The molecule has 1 amide bonds. The Balaban J connectivity index is 1.77. The molecule has 0 spiro atoms. The van der Waals surface area contributed by atoms with Crippen LogP contribution in [0.2, 0.25) is 0 Å². The molecule has 0 aromatic heterocycles. The summed E-state index contributed by atoms with van der Waals surface area (Å²) in [7, 11) is 0. The van der Waals surface area contributed by atoms with Crippen LogP contribution in [0.1, 0.15) is 43.7 Å². The second kappa shape index (κ2) is 5.24. The Hall–Kier alpha value is -1.51. The zero-order valence-corrected chi connectivity index (χ0v) is 11.6. The van der Waals surface area contributed by atoms with E-state index in [-0.39, 0.29) is 5.91 Å². The lowest BCUT2D eigenvalue weighted by Gasteiger charge is -2.25. The fourth-order valence-electron chi connectivity index (χ4n) is 3.05. The van der Waals surface area contributed by atoms with Gasteiger partial charge in [0.05, 0.1) is 12.3 Å². The van der Waals surface area contributed by atoms with Crippen molar-refractivity contribution in [3.8, 4) is 5.75 Å².